The largest absolute Gasteiger partial charge is 0.336 e. The Balaban J connectivity index is 1.63. The fraction of sp³-hybridized carbons (Fsp3) is 0.333. The van der Waals surface area contributed by atoms with Gasteiger partial charge in [0.15, 0.2) is 5.16 Å². The van der Waals surface area contributed by atoms with Gasteiger partial charge in [0.25, 0.3) is 0 Å². The average Bonchev–Trinajstić information content (AvgIpc) is 3.11. The van der Waals surface area contributed by atoms with Crippen molar-refractivity contribution in [1.29, 1.82) is 0 Å². The van der Waals surface area contributed by atoms with E-state index in [1.165, 1.54) is 16.7 Å². The highest BCUT2D eigenvalue weighted by Crippen LogP contribution is 2.25. The van der Waals surface area contributed by atoms with Gasteiger partial charge in [0.05, 0.1) is 18.0 Å². The zero-order valence-electron chi connectivity index (χ0n) is 19.4. The third kappa shape index (κ3) is 5.37. The van der Waals surface area contributed by atoms with Crippen LogP contribution in [0.3, 0.4) is 0 Å². The van der Waals surface area contributed by atoms with Gasteiger partial charge in [-0.15, -0.1) is 10.2 Å². The van der Waals surface area contributed by atoms with Crippen molar-refractivity contribution in [3.63, 3.8) is 0 Å². The summed E-state index contributed by atoms with van der Waals surface area (Å²) in [7, 11) is 1.63. The van der Waals surface area contributed by atoms with E-state index < -0.39 is 0 Å². The SMILES string of the molecule is Cc1ccc(C)c(-n2c(C)nnc2SCC(=O)N(C)CC(=O)Nc2cccc(C)c2C)c1. The van der Waals surface area contributed by atoms with Gasteiger partial charge in [-0.05, 0) is 69.0 Å². The van der Waals surface area contributed by atoms with Gasteiger partial charge in [0.1, 0.15) is 5.82 Å². The van der Waals surface area contributed by atoms with Crippen LogP contribution in [0.2, 0.25) is 0 Å². The number of likely N-dealkylation sites (N-methyl/N-ethyl adjacent to an activating group) is 1. The van der Waals surface area contributed by atoms with Gasteiger partial charge in [0, 0.05) is 12.7 Å². The quantitative estimate of drug-likeness (QED) is 0.549. The Hall–Kier alpha value is -3.13. The summed E-state index contributed by atoms with van der Waals surface area (Å²) in [4.78, 5) is 26.5. The Morgan fingerprint density at radius 2 is 1.78 bits per heavy atom. The minimum Gasteiger partial charge on any atom is -0.336 e. The number of thioether (sulfide) groups is 1. The Kier molecular flexibility index (Phi) is 7.35. The molecule has 1 N–H and O–H groups in total. The standard InChI is InChI=1S/C24H29N5O2S/c1-15-10-11-17(3)21(12-15)29-19(5)26-27-24(29)32-14-23(31)28(6)13-22(30)25-20-9-7-8-16(2)18(20)4/h7-12H,13-14H2,1-6H3,(H,25,30). The molecule has 0 aliphatic heterocycles. The normalized spacial score (nSPS) is 10.8. The number of amides is 2. The second-order valence-electron chi connectivity index (χ2n) is 7.99. The topological polar surface area (TPSA) is 80.1 Å². The van der Waals surface area contributed by atoms with E-state index in [-0.39, 0.29) is 24.1 Å². The van der Waals surface area contributed by atoms with Crippen molar-refractivity contribution in [3.8, 4) is 5.69 Å². The molecule has 168 valence electrons. The van der Waals surface area contributed by atoms with Crippen LogP contribution < -0.4 is 5.32 Å². The summed E-state index contributed by atoms with van der Waals surface area (Å²) in [6.45, 7) is 9.91. The number of anilines is 1. The fourth-order valence-electron chi connectivity index (χ4n) is 3.29. The van der Waals surface area contributed by atoms with Crippen molar-refractivity contribution in [2.75, 3.05) is 24.7 Å². The van der Waals surface area contributed by atoms with Crippen molar-refractivity contribution in [3.05, 3.63) is 64.5 Å². The molecule has 0 aliphatic carbocycles. The van der Waals surface area contributed by atoms with Crippen molar-refractivity contribution >= 4 is 29.3 Å². The molecule has 3 rings (SSSR count). The lowest BCUT2D eigenvalue weighted by molar-refractivity contribution is -0.131. The monoisotopic (exact) mass is 451 g/mol. The number of hydrogen-bond acceptors (Lipinski definition) is 5. The van der Waals surface area contributed by atoms with Crippen LogP contribution in [0.4, 0.5) is 5.69 Å². The minimum atomic E-state index is -0.228. The number of hydrogen-bond donors (Lipinski definition) is 1. The molecule has 0 aliphatic rings. The van der Waals surface area contributed by atoms with Crippen molar-refractivity contribution in [2.45, 2.75) is 39.8 Å². The molecule has 2 amide bonds. The second-order valence-corrected chi connectivity index (χ2v) is 8.93. The van der Waals surface area contributed by atoms with Crippen molar-refractivity contribution < 1.29 is 9.59 Å². The van der Waals surface area contributed by atoms with E-state index in [1.54, 1.807) is 7.05 Å². The highest BCUT2D eigenvalue weighted by atomic mass is 32.2. The number of benzene rings is 2. The highest BCUT2D eigenvalue weighted by Gasteiger charge is 2.18. The zero-order chi connectivity index (χ0) is 23.4. The Morgan fingerprint density at radius 1 is 1.03 bits per heavy atom. The van der Waals surface area contributed by atoms with Gasteiger partial charge in [-0.25, -0.2) is 0 Å². The third-order valence-electron chi connectivity index (χ3n) is 5.41. The van der Waals surface area contributed by atoms with Crippen LogP contribution in [0, 0.1) is 34.6 Å². The Morgan fingerprint density at radius 3 is 2.53 bits per heavy atom. The van der Waals surface area contributed by atoms with Crippen molar-refractivity contribution in [1.82, 2.24) is 19.7 Å². The summed E-state index contributed by atoms with van der Waals surface area (Å²) in [5.41, 5.74) is 6.14. The van der Waals surface area contributed by atoms with E-state index in [0.29, 0.717) is 5.16 Å². The van der Waals surface area contributed by atoms with E-state index in [2.05, 4.69) is 33.7 Å². The number of carbonyl (C=O) groups excluding carboxylic acids is 2. The van der Waals surface area contributed by atoms with Crippen molar-refractivity contribution in [2.24, 2.45) is 0 Å². The van der Waals surface area contributed by atoms with Crippen LogP contribution in [-0.2, 0) is 9.59 Å². The van der Waals surface area contributed by atoms with Gasteiger partial charge < -0.3 is 10.2 Å². The lowest BCUT2D eigenvalue weighted by atomic mass is 10.1. The molecule has 0 spiro atoms. The molecule has 1 aromatic heterocycles. The summed E-state index contributed by atoms with van der Waals surface area (Å²) >= 11 is 1.32. The summed E-state index contributed by atoms with van der Waals surface area (Å²) in [5.74, 6) is 0.541. The van der Waals surface area contributed by atoms with Crippen LogP contribution in [-0.4, -0.2) is 50.8 Å². The molecule has 2 aromatic carbocycles. The number of carbonyl (C=O) groups is 2. The maximum Gasteiger partial charge on any atom is 0.243 e. The van der Waals surface area contributed by atoms with E-state index in [0.717, 1.165) is 39.5 Å². The molecule has 0 bridgehead atoms. The molecule has 0 fully saturated rings. The summed E-state index contributed by atoms with van der Waals surface area (Å²) in [5, 5.41) is 12.0. The number of nitrogens with one attached hydrogen (secondary N) is 1. The Labute approximate surface area is 193 Å². The molecule has 7 nitrogen and oxygen atoms in total. The Bertz CT molecular complexity index is 1160. The highest BCUT2D eigenvalue weighted by molar-refractivity contribution is 7.99. The molecule has 0 radical (unpaired) electrons. The van der Waals surface area contributed by atoms with E-state index in [4.69, 9.17) is 0 Å². The third-order valence-corrected chi connectivity index (χ3v) is 6.32. The first-order valence-corrected chi connectivity index (χ1v) is 11.4. The van der Waals surface area contributed by atoms with Gasteiger partial charge in [-0.2, -0.15) is 0 Å². The lowest BCUT2D eigenvalue weighted by Crippen LogP contribution is -2.36. The predicted octanol–water partition coefficient (Wildman–Crippen LogP) is 4.00. The molecule has 32 heavy (non-hydrogen) atoms. The molecule has 0 saturated heterocycles. The summed E-state index contributed by atoms with van der Waals surface area (Å²) in [6, 6.07) is 12.0. The first kappa shape index (κ1) is 23.5. The maximum atomic E-state index is 12.7. The molecule has 0 atom stereocenters. The molecule has 0 saturated carbocycles. The first-order chi connectivity index (χ1) is 15.2. The van der Waals surface area contributed by atoms with E-state index in [1.807, 2.05) is 57.4 Å². The van der Waals surface area contributed by atoms with Crippen LogP contribution >= 0.6 is 11.8 Å². The fourth-order valence-corrected chi connectivity index (χ4v) is 4.22. The van der Waals surface area contributed by atoms with Gasteiger partial charge in [0.2, 0.25) is 11.8 Å². The number of aromatic nitrogens is 3. The van der Waals surface area contributed by atoms with E-state index >= 15 is 0 Å². The van der Waals surface area contributed by atoms with Gasteiger partial charge in [-0.1, -0.05) is 36.0 Å². The first-order valence-electron chi connectivity index (χ1n) is 10.4. The predicted molar refractivity (Wildman–Crippen MR) is 128 cm³/mol. The van der Waals surface area contributed by atoms with Gasteiger partial charge in [-0.3, -0.25) is 14.2 Å². The number of rotatable bonds is 7. The van der Waals surface area contributed by atoms with Crippen LogP contribution in [0.1, 0.15) is 28.1 Å². The molecule has 1 heterocycles. The number of nitrogens with zero attached hydrogens (tertiary/aromatic N) is 4. The molecular formula is C24H29N5O2S. The van der Waals surface area contributed by atoms with Crippen LogP contribution in [0.25, 0.3) is 5.69 Å². The van der Waals surface area contributed by atoms with Crippen LogP contribution in [0.5, 0.6) is 0 Å². The minimum absolute atomic E-state index is 0.0184. The zero-order valence-corrected chi connectivity index (χ0v) is 20.2. The second kappa shape index (κ2) is 9.99. The molecule has 3 aromatic rings. The molecular weight excluding hydrogens is 422 g/mol. The number of aryl methyl sites for hydroxylation is 4. The average molecular weight is 452 g/mol. The summed E-state index contributed by atoms with van der Waals surface area (Å²) < 4.78 is 1.97. The maximum absolute atomic E-state index is 12.7. The van der Waals surface area contributed by atoms with Gasteiger partial charge >= 0.3 is 0 Å². The lowest BCUT2D eigenvalue weighted by Gasteiger charge is -2.18. The van der Waals surface area contributed by atoms with E-state index in [9.17, 15) is 9.59 Å². The molecule has 0 unspecified atom stereocenters. The molecule has 8 heteroatoms. The summed E-state index contributed by atoms with van der Waals surface area (Å²) in [6.07, 6.45) is 0. The van der Waals surface area contributed by atoms with Crippen LogP contribution in [0.15, 0.2) is 41.6 Å². The smallest absolute Gasteiger partial charge is 0.243 e.